The summed E-state index contributed by atoms with van der Waals surface area (Å²) in [7, 11) is 0. The van der Waals surface area contributed by atoms with Crippen molar-refractivity contribution < 1.29 is 0 Å². The third-order valence-corrected chi connectivity index (χ3v) is 1.77. The van der Waals surface area contributed by atoms with E-state index in [1.54, 1.807) is 0 Å². The molecule has 1 heterocycles. The lowest BCUT2D eigenvalue weighted by molar-refractivity contribution is 0.620. The molecule has 1 rings (SSSR count). The minimum absolute atomic E-state index is 0.685. The third kappa shape index (κ3) is 2.92. The zero-order valence-corrected chi connectivity index (χ0v) is 8.17. The molecule has 0 bridgehead atoms. The van der Waals surface area contributed by atoms with Crippen LogP contribution in [0.25, 0.3) is 0 Å². The number of aromatic nitrogens is 2. The Morgan fingerprint density at radius 3 is 3.15 bits per heavy atom. The van der Waals surface area contributed by atoms with Gasteiger partial charge >= 0.3 is 0 Å². The quantitative estimate of drug-likeness (QED) is 0.696. The van der Waals surface area contributed by atoms with Gasteiger partial charge in [0.15, 0.2) is 0 Å². The van der Waals surface area contributed by atoms with Crippen LogP contribution in [-0.4, -0.2) is 16.3 Å². The average molecular weight is 177 g/mol. The van der Waals surface area contributed by atoms with E-state index in [2.05, 4.69) is 29.2 Å². The molecule has 0 aliphatic rings. The lowest BCUT2D eigenvalue weighted by Gasteiger charge is -2.03. The maximum absolute atomic E-state index is 4.18. The van der Waals surface area contributed by atoms with Gasteiger partial charge in [-0.05, 0) is 19.5 Å². The molecule has 1 aromatic heterocycles. The molecule has 0 aliphatic heterocycles. The molecule has 70 valence electrons. The van der Waals surface area contributed by atoms with E-state index >= 15 is 0 Å². The smallest absolute Gasteiger partial charge is 0.102 e. The SMILES string of the molecule is CC#CCn1nccc1CNCC. The summed E-state index contributed by atoms with van der Waals surface area (Å²) >= 11 is 0. The van der Waals surface area contributed by atoms with Crippen LogP contribution in [0.1, 0.15) is 19.5 Å². The molecule has 0 unspecified atom stereocenters. The Morgan fingerprint density at radius 1 is 1.62 bits per heavy atom. The van der Waals surface area contributed by atoms with Crippen molar-refractivity contribution in [2.75, 3.05) is 6.54 Å². The summed E-state index contributed by atoms with van der Waals surface area (Å²) in [4.78, 5) is 0. The van der Waals surface area contributed by atoms with Crippen molar-refractivity contribution >= 4 is 0 Å². The summed E-state index contributed by atoms with van der Waals surface area (Å²) in [6, 6.07) is 2.01. The van der Waals surface area contributed by atoms with Crippen LogP contribution < -0.4 is 5.32 Å². The van der Waals surface area contributed by atoms with Gasteiger partial charge < -0.3 is 5.32 Å². The van der Waals surface area contributed by atoms with E-state index in [0.717, 1.165) is 13.1 Å². The minimum atomic E-state index is 0.685. The second-order valence-corrected chi connectivity index (χ2v) is 2.69. The zero-order valence-electron chi connectivity index (χ0n) is 8.17. The summed E-state index contributed by atoms with van der Waals surface area (Å²) in [5, 5.41) is 7.44. The molecule has 3 heteroatoms. The van der Waals surface area contributed by atoms with E-state index in [0.29, 0.717) is 6.54 Å². The van der Waals surface area contributed by atoms with E-state index in [9.17, 15) is 0 Å². The predicted octanol–water partition coefficient (Wildman–Crippen LogP) is 1.02. The molecule has 3 nitrogen and oxygen atoms in total. The highest BCUT2D eigenvalue weighted by molar-refractivity contribution is 5.04. The van der Waals surface area contributed by atoms with Crippen LogP contribution in [0.3, 0.4) is 0 Å². The fourth-order valence-electron chi connectivity index (χ4n) is 1.06. The minimum Gasteiger partial charge on any atom is -0.311 e. The summed E-state index contributed by atoms with van der Waals surface area (Å²) < 4.78 is 1.92. The van der Waals surface area contributed by atoms with Crippen LogP contribution in [0.5, 0.6) is 0 Å². The van der Waals surface area contributed by atoms with Crippen LogP contribution in [0, 0.1) is 11.8 Å². The van der Waals surface area contributed by atoms with Gasteiger partial charge in [0.2, 0.25) is 0 Å². The molecule has 13 heavy (non-hydrogen) atoms. The van der Waals surface area contributed by atoms with Gasteiger partial charge in [-0.3, -0.25) is 4.68 Å². The second kappa shape index (κ2) is 5.39. The number of hydrogen-bond acceptors (Lipinski definition) is 2. The van der Waals surface area contributed by atoms with Gasteiger partial charge in [0.25, 0.3) is 0 Å². The molecule has 0 atom stereocenters. The molecule has 1 aromatic rings. The van der Waals surface area contributed by atoms with Gasteiger partial charge in [-0.15, -0.1) is 5.92 Å². The maximum atomic E-state index is 4.18. The highest BCUT2D eigenvalue weighted by atomic mass is 15.3. The number of hydrogen-bond donors (Lipinski definition) is 1. The monoisotopic (exact) mass is 177 g/mol. The van der Waals surface area contributed by atoms with E-state index in [4.69, 9.17) is 0 Å². The highest BCUT2D eigenvalue weighted by Gasteiger charge is 1.98. The first-order valence-electron chi connectivity index (χ1n) is 4.49. The third-order valence-electron chi connectivity index (χ3n) is 1.77. The van der Waals surface area contributed by atoms with Gasteiger partial charge in [0.05, 0.1) is 5.69 Å². The van der Waals surface area contributed by atoms with Gasteiger partial charge in [0, 0.05) is 12.7 Å². The van der Waals surface area contributed by atoms with E-state index < -0.39 is 0 Å². The number of nitrogens with zero attached hydrogens (tertiary/aromatic N) is 2. The van der Waals surface area contributed by atoms with Crippen molar-refractivity contribution in [3.05, 3.63) is 18.0 Å². The van der Waals surface area contributed by atoms with Crippen LogP contribution in [0.15, 0.2) is 12.3 Å². The molecule has 0 amide bonds. The number of nitrogens with one attached hydrogen (secondary N) is 1. The Labute approximate surface area is 79.1 Å². The molecule has 0 spiro atoms. The molecule has 0 aromatic carbocycles. The standard InChI is InChI=1S/C10H15N3/c1-3-5-8-13-10(6-7-12-13)9-11-4-2/h6-7,11H,4,8-9H2,1-2H3. The van der Waals surface area contributed by atoms with Gasteiger partial charge in [-0.1, -0.05) is 12.8 Å². The molecule has 0 fully saturated rings. The summed E-state index contributed by atoms with van der Waals surface area (Å²) in [5.41, 5.74) is 1.18. The molecule has 0 aliphatic carbocycles. The van der Waals surface area contributed by atoms with Crippen molar-refractivity contribution in [3.8, 4) is 11.8 Å². The second-order valence-electron chi connectivity index (χ2n) is 2.69. The van der Waals surface area contributed by atoms with E-state index in [1.165, 1.54) is 5.69 Å². The molecular formula is C10H15N3. The summed E-state index contributed by atoms with van der Waals surface area (Å²) in [5.74, 6) is 5.85. The predicted molar refractivity (Wildman–Crippen MR) is 53.1 cm³/mol. The highest BCUT2D eigenvalue weighted by Crippen LogP contribution is 1.97. The average Bonchev–Trinajstić information content (AvgIpc) is 2.59. The van der Waals surface area contributed by atoms with Gasteiger partial charge in [0.1, 0.15) is 6.54 Å². The molecule has 1 N–H and O–H groups in total. The molecule has 0 saturated heterocycles. The Morgan fingerprint density at radius 2 is 2.46 bits per heavy atom. The Balaban J connectivity index is 2.58. The first kappa shape index (κ1) is 9.82. The molecule has 0 radical (unpaired) electrons. The molecule has 0 saturated carbocycles. The largest absolute Gasteiger partial charge is 0.311 e. The fraction of sp³-hybridized carbons (Fsp3) is 0.500. The van der Waals surface area contributed by atoms with Crippen molar-refractivity contribution in [1.29, 1.82) is 0 Å². The lowest BCUT2D eigenvalue weighted by atomic mass is 10.4. The van der Waals surface area contributed by atoms with Crippen molar-refractivity contribution in [2.45, 2.75) is 26.9 Å². The normalized spacial score (nSPS) is 9.38. The Bertz CT molecular complexity index is 303. The summed E-state index contributed by atoms with van der Waals surface area (Å²) in [6.45, 7) is 6.46. The van der Waals surface area contributed by atoms with Crippen molar-refractivity contribution in [3.63, 3.8) is 0 Å². The van der Waals surface area contributed by atoms with Crippen LogP contribution in [-0.2, 0) is 13.1 Å². The van der Waals surface area contributed by atoms with Crippen LogP contribution in [0.2, 0.25) is 0 Å². The Hall–Kier alpha value is -1.27. The van der Waals surface area contributed by atoms with Gasteiger partial charge in [-0.25, -0.2) is 0 Å². The van der Waals surface area contributed by atoms with E-state index in [1.807, 2.05) is 23.9 Å². The van der Waals surface area contributed by atoms with Crippen molar-refractivity contribution in [2.24, 2.45) is 0 Å². The van der Waals surface area contributed by atoms with E-state index in [-0.39, 0.29) is 0 Å². The van der Waals surface area contributed by atoms with Gasteiger partial charge in [-0.2, -0.15) is 5.10 Å². The lowest BCUT2D eigenvalue weighted by Crippen LogP contribution is -2.15. The maximum Gasteiger partial charge on any atom is 0.102 e. The first-order valence-corrected chi connectivity index (χ1v) is 4.49. The summed E-state index contributed by atoms with van der Waals surface area (Å²) in [6.07, 6.45) is 1.81. The first-order chi connectivity index (χ1) is 6.38. The fourth-order valence-corrected chi connectivity index (χ4v) is 1.06. The number of rotatable bonds is 4. The van der Waals surface area contributed by atoms with Crippen LogP contribution in [0.4, 0.5) is 0 Å². The van der Waals surface area contributed by atoms with Crippen LogP contribution >= 0.6 is 0 Å². The topological polar surface area (TPSA) is 29.9 Å². The molecular weight excluding hydrogens is 162 g/mol. The zero-order chi connectivity index (χ0) is 9.52. The van der Waals surface area contributed by atoms with Crippen molar-refractivity contribution in [1.82, 2.24) is 15.1 Å². The Kier molecular flexibility index (Phi) is 4.07.